The van der Waals surface area contributed by atoms with Crippen LogP contribution in [0.4, 0.5) is 0 Å². The number of aliphatic hydroxyl groups excluding tert-OH is 11. The van der Waals surface area contributed by atoms with Crippen LogP contribution in [0, 0.1) is 0 Å². The van der Waals surface area contributed by atoms with Crippen LogP contribution in [0.1, 0.15) is 129 Å². The van der Waals surface area contributed by atoms with Crippen molar-refractivity contribution >= 4 is 5.91 Å². The molecule has 17 unspecified atom stereocenters. The van der Waals surface area contributed by atoms with Gasteiger partial charge in [-0.2, -0.15) is 0 Å². The normalized spacial score (nSPS) is 31.5. The Morgan fingerprint density at radius 1 is 0.481 bits per heavy atom. The summed E-state index contributed by atoms with van der Waals surface area (Å²) in [6.07, 6.45) is 22.6. The number of allylic oxidation sites excluding steroid dienone is 15. The first-order valence-electron chi connectivity index (χ1n) is 28.0. The second-order valence-corrected chi connectivity index (χ2v) is 19.6. The van der Waals surface area contributed by atoms with E-state index >= 15 is 0 Å². The van der Waals surface area contributed by atoms with E-state index in [1.807, 2.05) is 0 Å². The number of carbonyl (C=O) groups excluding carboxylic acids is 1. The first-order valence-corrected chi connectivity index (χ1v) is 28.0. The molecular formula is C58H95NO18. The van der Waals surface area contributed by atoms with Crippen LogP contribution in [0.5, 0.6) is 0 Å². The molecule has 19 heteroatoms. The lowest BCUT2D eigenvalue weighted by atomic mass is 9.96. The predicted octanol–water partition coefficient (Wildman–Crippen LogP) is 3.81. The van der Waals surface area contributed by atoms with E-state index in [9.17, 15) is 61.0 Å². The Bertz CT molecular complexity index is 1780. The third-order valence-corrected chi connectivity index (χ3v) is 13.3. The van der Waals surface area contributed by atoms with Gasteiger partial charge in [-0.3, -0.25) is 4.79 Å². The van der Waals surface area contributed by atoms with Gasteiger partial charge in [0.15, 0.2) is 18.9 Å². The Labute approximate surface area is 456 Å². The van der Waals surface area contributed by atoms with Crippen molar-refractivity contribution in [3.05, 3.63) is 97.2 Å². The fourth-order valence-electron chi connectivity index (χ4n) is 8.72. The molecule has 0 bridgehead atoms. The van der Waals surface area contributed by atoms with Gasteiger partial charge in [-0.15, -0.1) is 0 Å². The van der Waals surface area contributed by atoms with E-state index in [4.69, 9.17) is 28.4 Å². The number of rotatable bonds is 38. The minimum atomic E-state index is -1.99. The van der Waals surface area contributed by atoms with E-state index in [1.54, 1.807) is 12.2 Å². The molecule has 0 radical (unpaired) electrons. The number of hydrogen-bond acceptors (Lipinski definition) is 18. The second kappa shape index (κ2) is 40.8. The van der Waals surface area contributed by atoms with Gasteiger partial charge in [-0.05, 0) is 83.5 Å². The van der Waals surface area contributed by atoms with Crippen LogP contribution in [-0.4, -0.2) is 193 Å². The molecule has 17 atom stereocenters. The number of nitrogens with one attached hydrogen (secondary N) is 1. The maximum atomic E-state index is 13.3. The minimum Gasteiger partial charge on any atom is -0.394 e. The molecule has 19 nitrogen and oxygen atoms in total. The molecule has 0 spiro atoms. The van der Waals surface area contributed by atoms with Crippen LogP contribution in [0.2, 0.25) is 0 Å². The van der Waals surface area contributed by atoms with Crippen LogP contribution >= 0.6 is 0 Å². The maximum Gasteiger partial charge on any atom is 0.220 e. The Hall–Kier alpha value is -3.29. The van der Waals surface area contributed by atoms with Crippen molar-refractivity contribution in [2.45, 2.75) is 234 Å². The highest BCUT2D eigenvalue weighted by Gasteiger charge is 2.53. The number of aliphatic hydroxyl groups is 11. The first-order chi connectivity index (χ1) is 37.3. The maximum absolute atomic E-state index is 13.3. The first kappa shape index (κ1) is 68.0. The van der Waals surface area contributed by atoms with Gasteiger partial charge >= 0.3 is 0 Å². The highest BCUT2D eigenvalue weighted by atomic mass is 16.8. The average molecular weight is 1090 g/mol. The fraction of sp³-hybridized carbons (Fsp3) is 0.707. The molecule has 3 fully saturated rings. The highest BCUT2D eigenvalue weighted by molar-refractivity contribution is 5.76. The van der Waals surface area contributed by atoms with Crippen LogP contribution in [0.3, 0.4) is 0 Å². The van der Waals surface area contributed by atoms with Crippen molar-refractivity contribution in [1.29, 1.82) is 0 Å². The molecule has 3 saturated heterocycles. The summed E-state index contributed by atoms with van der Waals surface area (Å²) in [5.74, 6) is -0.317. The van der Waals surface area contributed by atoms with Crippen LogP contribution in [-0.2, 0) is 33.2 Å². The summed E-state index contributed by atoms with van der Waals surface area (Å²) in [4.78, 5) is 13.3. The Kier molecular flexibility index (Phi) is 36.0. The van der Waals surface area contributed by atoms with Crippen LogP contribution in [0.25, 0.3) is 0 Å². The standard InChI is InChI=1S/C58H95NO18/c1-3-5-7-9-11-13-15-16-17-18-19-20-21-22-23-24-26-28-30-32-34-36-46(64)59-41(42(63)35-33-31-29-27-25-14-12-10-8-6-4-2)40-72-56-52(70)49(67)54(44(38-61)74-56)77-58-53(71)50(68)55(45(39-62)75-58)76-57-51(69)48(66)47(65)43(37-60)73-57/h5,7-8,10-11,13,16-17,19-20,22-23,25,27,33,35,41-45,47-58,60-63,65-71H,3-4,6,9,12,14-15,18,21,24,26,28-32,34,36-40H2,1-2H3,(H,59,64)/b7-5-,10-8+,13-11-,17-16-,20-19-,23-22-,27-25+,35-33+. The summed E-state index contributed by atoms with van der Waals surface area (Å²) < 4.78 is 34.1. The summed E-state index contributed by atoms with van der Waals surface area (Å²) >= 11 is 0. The molecule has 0 aromatic rings. The second-order valence-electron chi connectivity index (χ2n) is 19.6. The number of amides is 1. The smallest absolute Gasteiger partial charge is 0.220 e. The molecular weight excluding hydrogens is 999 g/mol. The van der Waals surface area contributed by atoms with Gasteiger partial charge in [0.05, 0.1) is 38.6 Å². The lowest BCUT2D eigenvalue weighted by Crippen LogP contribution is -2.66. The molecule has 12 N–H and O–H groups in total. The highest BCUT2D eigenvalue weighted by Crippen LogP contribution is 2.33. The molecule has 1 amide bonds. The molecule has 77 heavy (non-hydrogen) atoms. The quantitative estimate of drug-likeness (QED) is 0.0309. The zero-order valence-electron chi connectivity index (χ0n) is 45.4. The summed E-state index contributed by atoms with van der Waals surface area (Å²) in [5.41, 5.74) is 0. The van der Waals surface area contributed by atoms with Gasteiger partial charge in [0.25, 0.3) is 0 Å². The van der Waals surface area contributed by atoms with Gasteiger partial charge < -0.3 is 89.9 Å². The zero-order valence-corrected chi connectivity index (χ0v) is 45.4. The lowest BCUT2D eigenvalue weighted by Gasteiger charge is -2.48. The van der Waals surface area contributed by atoms with Crippen molar-refractivity contribution in [1.82, 2.24) is 5.32 Å². The van der Waals surface area contributed by atoms with Gasteiger partial charge in [0, 0.05) is 6.42 Å². The minimum absolute atomic E-state index is 0.203. The van der Waals surface area contributed by atoms with Crippen molar-refractivity contribution in [3.8, 4) is 0 Å². The van der Waals surface area contributed by atoms with Crippen molar-refractivity contribution < 1.29 is 89.4 Å². The van der Waals surface area contributed by atoms with Gasteiger partial charge in [0.2, 0.25) is 5.91 Å². The summed E-state index contributed by atoms with van der Waals surface area (Å²) in [7, 11) is 0. The zero-order chi connectivity index (χ0) is 56.2. The Morgan fingerprint density at radius 2 is 0.909 bits per heavy atom. The fourth-order valence-corrected chi connectivity index (χ4v) is 8.72. The number of ether oxygens (including phenoxy) is 6. The number of carbonyl (C=O) groups is 1. The predicted molar refractivity (Wildman–Crippen MR) is 290 cm³/mol. The third-order valence-electron chi connectivity index (χ3n) is 13.3. The van der Waals surface area contributed by atoms with E-state index < -0.39 is 124 Å². The van der Waals surface area contributed by atoms with Crippen LogP contribution < -0.4 is 5.32 Å². The topological polar surface area (TPSA) is 307 Å². The van der Waals surface area contributed by atoms with Gasteiger partial charge in [0.1, 0.15) is 73.2 Å². The molecule has 3 rings (SSSR count). The molecule has 3 aliphatic rings. The SMILES string of the molecule is CC/C=C\C/C=C\C/C=C\C/C=C\C/C=C\CCCCCCCC(=O)NC(COC1OC(CO)C(OC2OC(CO)C(OC3OC(CO)C(O)C(O)C3O)C(O)C2O)C(O)C1O)C(O)/C=C/CC/C=C/CC/C=C/CCC. The lowest BCUT2D eigenvalue weighted by molar-refractivity contribution is -0.379. The summed E-state index contributed by atoms with van der Waals surface area (Å²) in [6, 6.07) is -1.01. The molecule has 0 saturated carbocycles. The monoisotopic (exact) mass is 1090 g/mol. The van der Waals surface area contributed by atoms with E-state index in [2.05, 4.69) is 104 Å². The molecule has 0 aromatic heterocycles. The molecule has 440 valence electrons. The largest absolute Gasteiger partial charge is 0.394 e. The van der Waals surface area contributed by atoms with E-state index in [-0.39, 0.29) is 18.9 Å². The molecule has 3 aliphatic heterocycles. The van der Waals surface area contributed by atoms with Crippen molar-refractivity contribution in [2.24, 2.45) is 0 Å². The number of unbranched alkanes of at least 4 members (excludes halogenated alkanes) is 8. The summed E-state index contributed by atoms with van der Waals surface area (Å²) in [6.45, 7) is 1.43. The molecule has 3 heterocycles. The third kappa shape index (κ3) is 25.4. The Balaban J connectivity index is 1.52. The van der Waals surface area contributed by atoms with Gasteiger partial charge in [-0.1, -0.05) is 137 Å². The molecule has 0 aromatic carbocycles. The molecule has 0 aliphatic carbocycles. The van der Waals surface area contributed by atoms with Crippen LogP contribution in [0.15, 0.2) is 97.2 Å². The van der Waals surface area contributed by atoms with Gasteiger partial charge in [-0.25, -0.2) is 0 Å². The summed E-state index contributed by atoms with van der Waals surface area (Å²) in [5, 5.41) is 120. The Morgan fingerprint density at radius 3 is 1.44 bits per heavy atom. The van der Waals surface area contributed by atoms with E-state index in [0.717, 1.165) is 96.3 Å². The van der Waals surface area contributed by atoms with E-state index in [1.165, 1.54) is 0 Å². The van der Waals surface area contributed by atoms with E-state index in [0.29, 0.717) is 12.8 Å². The number of hydrogen-bond donors (Lipinski definition) is 12. The van der Waals surface area contributed by atoms with Crippen molar-refractivity contribution in [3.63, 3.8) is 0 Å². The average Bonchev–Trinajstić information content (AvgIpc) is 3.44. The van der Waals surface area contributed by atoms with Crippen molar-refractivity contribution in [2.75, 3.05) is 26.4 Å².